The van der Waals surface area contributed by atoms with E-state index in [1.54, 1.807) is 6.92 Å². The predicted molar refractivity (Wildman–Crippen MR) is 51.9 cm³/mol. The van der Waals surface area contributed by atoms with Crippen LogP contribution in [-0.2, 0) is 14.3 Å². The summed E-state index contributed by atoms with van der Waals surface area (Å²) in [4.78, 5) is 21.6. The lowest BCUT2D eigenvalue weighted by molar-refractivity contribution is -0.139. The molecule has 4 nitrogen and oxygen atoms in total. The van der Waals surface area contributed by atoms with Crippen LogP contribution in [-0.4, -0.2) is 18.7 Å². The Morgan fingerprint density at radius 1 is 1.07 bits per heavy atom. The molecular formula is C10H18O4. The van der Waals surface area contributed by atoms with E-state index in [0.717, 1.165) is 25.7 Å². The summed E-state index contributed by atoms with van der Waals surface area (Å²) < 4.78 is 8.83. The third-order valence-corrected chi connectivity index (χ3v) is 1.69. The molecule has 0 aliphatic carbocycles. The summed E-state index contributed by atoms with van der Waals surface area (Å²) in [6, 6.07) is 0. The first-order valence-corrected chi connectivity index (χ1v) is 5.08. The standard InChI is InChI=1S/C10H18O4/c1-3-5-6-7-8-9(11)14-10(12)13-4-2/h3-8H2,1-2H3. The summed E-state index contributed by atoms with van der Waals surface area (Å²) in [7, 11) is 0. The lowest BCUT2D eigenvalue weighted by Crippen LogP contribution is -2.13. The summed E-state index contributed by atoms with van der Waals surface area (Å²) >= 11 is 0. The van der Waals surface area contributed by atoms with Crippen molar-refractivity contribution in [2.24, 2.45) is 0 Å². The average Bonchev–Trinajstić information content (AvgIpc) is 2.13. The molecule has 0 aromatic rings. The van der Waals surface area contributed by atoms with E-state index in [4.69, 9.17) is 0 Å². The molecule has 0 aromatic heterocycles. The molecule has 0 radical (unpaired) electrons. The van der Waals surface area contributed by atoms with Crippen LogP contribution in [0, 0.1) is 0 Å². The number of hydrogen-bond acceptors (Lipinski definition) is 4. The Kier molecular flexibility index (Phi) is 7.89. The van der Waals surface area contributed by atoms with Gasteiger partial charge in [-0.3, -0.25) is 4.79 Å². The summed E-state index contributed by atoms with van der Waals surface area (Å²) in [6.07, 6.45) is 3.38. The van der Waals surface area contributed by atoms with Crippen LogP contribution in [0.1, 0.15) is 46.0 Å². The quantitative estimate of drug-likeness (QED) is 0.377. The fourth-order valence-corrected chi connectivity index (χ4v) is 0.987. The number of carbonyl (C=O) groups is 2. The molecule has 0 spiro atoms. The third kappa shape index (κ3) is 7.58. The molecule has 0 amide bonds. The molecule has 0 rings (SSSR count). The fourth-order valence-electron chi connectivity index (χ4n) is 0.987. The lowest BCUT2D eigenvalue weighted by atomic mass is 10.2. The molecule has 0 aliphatic rings. The summed E-state index contributed by atoms with van der Waals surface area (Å²) in [6.45, 7) is 3.98. The molecule has 4 heteroatoms. The maximum absolute atomic E-state index is 11.0. The monoisotopic (exact) mass is 202 g/mol. The van der Waals surface area contributed by atoms with Gasteiger partial charge in [-0.05, 0) is 13.3 Å². The Morgan fingerprint density at radius 3 is 2.36 bits per heavy atom. The van der Waals surface area contributed by atoms with Crippen molar-refractivity contribution in [1.29, 1.82) is 0 Å². The number of carbonyl (C=O) groups excluding carboxylic acids is 2. The van der Waals surface area contributed by atoms with Crippen LogP contribution in [0.15, 0.2) is 0 Å². The van der Waals surface area contributed by atoms with Gasteiger partial charge in [-0.1, -0.05) is 26.2 Å². The molecule has 14 heavy (non-hydrogen) atoms. The molecule has 0 saturated carbocycles. The van der Waals surface area contributed by atoms with Crippen LogP contribution in [0.5, 0.6) is 0 Å². The second-order valence-electron chi connectivity index (χ2n) is 2.97. The van der Waals surface area contributed by atoms with Gasteiger partial charge < -0.3 is 9.47 Å². The van der Waals surface area contributed by atoms with Crippen LogP contribution in [0.2, 0.25) is 0 Å². The molecular weight excluding hydrogens is 184 g/mol. The minimum absolute atomic E-state index is 0.224. The van der Waals surface area contributed by atoms with Crippen molar-refractivity contribution in [2.45, 2.75) is 46.0 Å². The topological polar surface area (TPSA) is 52.6 Å². The van der Waals surface area contributed by atoms with Crippen molar-refractivity contribution in [3.63, 3.8) is 0 Å². The van der Waals surface area contributed by atoms with Gasteiger partial charge in [0.05, 0.1) is 6.61 Å². The Morgan fingerprint density at radius 2 is 1.79 bits per heavy atom. The molecule has 82 valence electrons. The SMILES string of the molecule is CCCCCCC(=O)OC(=O)OCC. The summed E-state index contributed by atoms with van der Waals surface area (Å²) in [5.74, 6) is -0.500. The zero-order valence-electron chi connectivity index (χ0n) is 8.88. The number of esters is 1. The number of unbranched alkanes of at least 4 members (excludes halogenated alkanes) is 3. The van der Waals surface area contributed by atoms with Crippen LogP contribution in [0.4, 0.5) is 4.79 Å². The van der Waals surface area contributed by atoms with Gasteiger partial charge in [-0.25, -0.2) is 4.79 Å². The fraction of sp³-hybridized carbons (Fsp3) is 0.800. The molecule has 0 N–H and O–H groups in total. The largest absolute Gasteiger partial charge is 0.516 e. The Bertz CT molecular complexity index is 177. The summed E-state index contributed by atoms with van der Waals surface area (Å²) in [5, 5.41) is 0. The van der Waals surface area contributed by atoms with Crippen molar-refractivity contribution in [3.8, 4) is 0 Å². The first kappa shape index (κ1) is 12.9. The minimum atomic E-state index is -0.895. The first-order chi connectivity index (χ1) is 6.70. The predicted octanol–water partition coefficient (Wildman–Crippen LogP) is 2.66. The number of hydrogen-bond donors (Lipinski definition) is 0. The lowest BCUT2D eigenvalue weighted by Gasteiger charge is -2.02. The van der Waals surface area contributed by atoms with Crippen LogP contribution < -0.4 is 0 Å². The van der Waals surface area contributed by atoms with Gasteiger partial charge >= 0.3 is 12.1 Å². The van der Waals surface area contributed by atoms with Gasteiger partial charge in [0.15, 0.2) is 0 Å². The van der Waals surface area contributed by atoms with E-state index in [9.17, 15) is 9.59 Å². The second-order valence-corrected chi connectivity index (χ2v) is 2.97. The molecule has 0 unspecified atom stereocenters. The maximum atomic E-state index is 11.0. The zero-order chi connectivity index (χ0) is 10.8. The molecule has 0 atom stereocenters. The van der Waals surface area contributed by atoms with Gasteiger partial charge in [0.25, 0.3) is 0 Å². The van der Waals surface area contributed by atoms with E-state index in [1.165, 1.54) is 0 Å². The first-order valence-electron chi connectivity index (χ1n) is 5.08. The van der Waals surface area contributed by atoms with Gasteiger partial charge in [-0.15, -0.1) is 0 Å². The molecule has 0 aromatic carbocycles. The Hall–Kier alpha value is -1.06. The third-order valence-electron chi connectivity index (χ3n) is 1.69. The van der Waals surface area contributed by atoms with Crippen LogP contribution >= 0.6 is 0 Å². The van der Waals surface area contributed by atoms with E-state index in [2.05, 4.69) is 16.4 Å². The molecule has 0 fully saturated rings. The van der Waals surface area contributed by atoms with Crippen molar-refractivity contribution in [1.82, 2.24) is 0 Å². The second kappa shape index (κ2) is 8.53. The molecule has 0 aliphatic heterocycles. The van der Waals surface area contributed by atoms with E-state index >= 15 is 0 Å². The van der Waals surface area contributed by atoms with Gasteiger partial charge in [0, 0.05) is 6.42 Å². The van der Waals surface area contributed by atoms with E-state index < -0.39 is 12.1 Å². The van der Waals surface area contributed by atoms with Crippen molar-refractivity contribution in [3.05, 3.63) is 0 Å². The van der Waals surface area contributed by atoms with Gasteiger partial charge in [0.1, 0.15) is 0 Å². The smallest absolute Gasteiger partial charge is 0.434 e. The Labute approximate surface area is 84.6 Å². The minimum Gasteiger partial charge on any atom is -0.434 e. The van der Waals surface area contributed by atoms with E-state index in [-0.39, 0.29) is 6.61 Å². The van der Waals surface area contributed by atoms with Crippen LogP contribution in [0.25, 0.3) is 0 Å². The van der Waals surface area contributed by atoms with Crippen molar-refractivity contribution in [2.75, 3.05) is 6.61 Å². The van der Waals surface area contributed by atoms with Gasteiger partial charge in [0.2, 0.25) is 0 Å². The van der Waals surface area contributed by atoms with Crippen molar-refractivity contribution >= 4 is 12.1 Å². The number of rotatable bonds is 6. The average molecular weight is 202 g/mol. The number of ether oxygens (including phenoxy) is 2. The highest BCUT2D eigenvalue weighted by atomic mass is 16.7. The van der Waals surface area contributed by atoms with E-state index in [0.29, 0.717) is 6.42 Å². The molecule has 0 saturated heterocycles. The normalized spacial score (nSPS) is 9.57. The highest BCUT2D eigenvalue weighted by Gasteiger charge is 2.09. The maximum Gasteiger partial charge on any atom is 0.516 e. The van der Waals surface area contributed by atoms with Crippen LogP contribution in [0.3, 0.4) is 0 Å². The molecule has 0 bridgehead atoms. The van der Waals surface area contributed by atoms with Gasteiger partial charge in [-0.2, -0.15) is 0 Å². The van der Waals surface area contributed by atoms with E-state index in [1.807, 2.05) is 0 Å². The molecule has 0 heterocycles. The van der Waals surface area contributed by atoms with Crippen molar-refractivity contribution < 1.29 is 19.1 Å². The highest BCUT2D eigenvalue weighted by molar-refractivity contribution is 5.81. The Balaban J connectivity index is 3.40. The zero-order valence-corrected chi connectivity index (χ0v) is 8.88. The highest BCUT2D eigenvalue weighted by Crippen LogP contribution is 2.03. The summed E-state index contributed by atoms with van der Waals surface area (Å²) in [5.41, 5.74) is 0.